The summed E-state index contributed by atoms with van der Waals surface area (Å²) in [6.07, 6.45) is 1.33. The van der Waals surface area contributed by atoms with Gasteiger partial charge in [-0.3, -0.25) is 9.59 Å². The minimum atomic E-state index is -0.963. The van der Waals surface area contributed by atoms with Gasteiger partial charge in [-0.25, -0.2) is 0 Å². The van der Waals surface area contributed by atoms with Crippen molar-refractivity contribution in [2.75, 3.05) is 0 Å². The SMILES string of the molecule is CC(=O)O[C@@H](CCc1ccccc1)C[C@@](C)(OC(C)=O)C(Br)(Br)Br. The summed E-state index contributed by atoms with van der Waals surface area (Å²) in [5.74, 6) is -0.771. The predicted octanol–water partition coefficient (Wildman–Crippen LogP) is 5.10. The molecule has 0 amide bonds. The van der Waals surface area contributed by atoms with Gasteiger partial charge in [0.15, 0.2) is 2.14 Å². The van der Waals surface area contributed by atoms with E-state index in [1.54, 1.807) is 6.92 Å². The van der Waals surface area contributed by atoms with Gasteiger partial charge in [0.25, 0.3) is 0 Å². The molecule has 0 aliphatic heterocycles. The average Bonchev–Trinajstić information content (AvgIpc) is 2.43. The first-order chi connectivity index (χ1) is 11.0. The van der Waals surface area contributed by atoms with Gasteiger partial charge >= 0.3 is 11.9 Å². The molecule has 0 aliphatic carbocycles. The second-order valence-electron chi connectivity index (χ2n) is 5.78. The zero-order valence-electron chi connectivity index (χ0n) is 13.9. The fourth-order valence-corrected chi connectivity index (χ4v) is 3.11. The third kappa shape index (κ3) is 7.23. The minimum Gasteiger partial charge on any atom is -0.462 e. The Morgan fingerprint density at radius 3 is 2.12 bits per heavy atom. The normalized spacial score (nSPS) is 15.2. The van der Waals surface area contributed by atoms with Gasteiger partial charge in [0.1, 0.15) is 11.7 Å². The maximum Gasteiger partial charge on any atom is 0.303 e. The first-order valence-electron chi connectivity index (χ1n) is 7.51. The number of carbonyl (C=O) groups is 2. The first-order valence-corrected chi connectivity index (χ1v) is 9.89. The van der Waals surface area contributed by atoms with Gasteiger partial charge in [-0.2, -0.15) is 0 Å². The van der Waals surface area contributed by atoms with E-state index in [2.05, 4.69) is 47.8 Å². The van der Waals surface area contributed by atoms with Crippen LogP contribution < -0.4 is 0 Å². The van der Waals surface area contributed by atoms with Gasteiger partial charge in [-0.15, -0.1) is 0 Å². The van der Waals surface area contributed by atoms with Crippen LogP contribution in [-0.2, 0) is 25.5 Å². The highest BCUT2D eigenvalue weighted by Gasteiger charge is 2.48. The van der Waals surface area contributed by atoms with Crippen LogP contribution >= 0.6 is 47.8 Å². The molecule has 2 atom stereocenters. The number of hydrogen-bond donors (Lipinski definition) is 0. The third-order valence-corrected chi connectivity index (χ3v) is 6.03. The Balaban J connectivity index is 2.89. The summed E-state index contributed by atoms with van der Waals surface area (Å²) >= 11 is 10.3. The van der Waals surface area contributed by atoms with E-state index in [1.165, 1.54) is 13.8 Å². The highest BCUT2D eigenvalue weighted by Crippen LogP contribution is 2.48. The van der Waals surface area contributed by atoms with Crippen molar-refractivity contribution in [2.45, 2.75) is 53.9 Å². The molecule has 24 heavy (non-hydrogen) atoms. The van der Waals surface area contributed by atoms with Crippen molar-refractivity contribution in [3.05, 3.63) is 35.9 Å². The number of aryl methyl sites for hydroxylation is 1. The lowest BCUT2D eigenvalue weighted by Gasteiger charge is -2.38. The van der Waals surface area contributed by atoms with Crippen LogP contribution in [-0.4, -0.2) is 25.8 Å². The van der Waals surface area contributed by atoms with Crippen molar-refractivity contribution in [1.82, 2.24) is 0 Å². The maximum atomic E-state index is 11.5. The van der Waals surface area contributed by atoms with Gasteiger partial charge in [0.05, 0.1) is 0 Å². The number of hydrogen-bond acceptors (Lipinski definition) is 4. The van der Waals surface area contributed by atoms with E-state index in [0.29, 0.717) is 12.8 Å². The molecular formula is C17H21Br3O4. The lowest BCUT2D eigenvalue weighted by Crippen LogP contribution is -2.46. The molecule has 1 rings (SSSR count). The number of alkyl halides is 3. The molecule has 134 valence electrons. The highest BCUT2D eigenvalue weighted by molar-refractivity contribution is 9.39. The molecular weight excluding hydrogens is 508 g/mol. The molecule has 0 N–H and O–H groups in total. The molecule has 7 heteroatoms. The first kappa shape index (κ1) is 21.6. The topological polar surface area (TPSA) is 52.6 Å². The number of benzene rings is 1. The number of carbonyl (C=O) groups excluding carboxylic acids is 2. The Labute approximate surface area is 168 Å². The molecule has 0 bridgehead atoms. The van der Waals surface area contributed by atoms with Crippen LogP contribution in [0.2, 0.25) is 0 Å². The van der Waals surface area contributed by atoms with Crippen LogP contribution in [0.3, 0.4) is 0 Å². The standard InChI is InChI=1S/C17H21Br3O4/c1-12(21)23-15(10-9-14-7-5-4-6-8-14)11-16(3,17(18,19)20)24-13(2)22/h4-8,15H,9-11H2,1-3H3/t15-,16+/m0/s1. The van der Waals surface area contributed by atoms with Gasteiger partial charge in [0.2, 0.25) is 0 Å². The lowest BCUT2D eigenvalue weighted by molar-refractivity contribution is -0.160. The van der Waals surface area contributed by atoms with Gasteiger partial charge < -0.3 is 9.47 Å². The minimum absolute atomic E-state index is 0.334. The quantitative estimate of drug-likeness (QED) is 0.365. The Kier molecular flexibility index (Phi) is 8.42. The van der Waals surface area contributed by atoms with Crippen molar-refractivity contribution >= 4 is 59.7 Å². The Hall–Kier alpha value is -0.400. The molecule has 0 unspecified atom stereocenters. The Morgan fingerprint density at radius 1 is 1.08 bits per heavy atom. The van der Waals surface area contributed by atoms with Crippen LogP contribution in [0.25, 0.3) is 0 Å². The Morgan fingerprint density at radius 2 is 1.67 bits per heavy atom. The summed E-state index contributed by atoms with van der Waals surface area (Å²) < 4.78 is 10.1. The van der Waals surface area contributed by atoms with Crippen molar-refractivity contribution in [2.24, 2.45) is 0 Å². The van der Waals surface area contributed by atoms with Crippen LogP contribution in [0, 0.1) is 0 Å². The van der Waals surface area contributed by atoms with Gasteiger partial charge in [0, 0.05) is 20.3 Å². The molecule has 1 aromatic rings. The molecule has 0 saturated carbocycles. The lowest BCUT2D eigenvalue weighted by atomic mass is 9.95. The van der Waals surface area contributed by atoms with E-state index in [1.807, 2.05) is 30.3 Å². The number of halogens is 3. The van der Waals surface area contributed by atoms with E-state index in [-0.39, 0.29) is 12.1 Å². The van der Waals surface area contributed by atoms with Crippen LogP contribution in [0.15, 0.2) is 30.3 Å². The maximum absolute atomic E-state index is 11.5. The summed E-state index contributed by atoms with van der Waals surface area (Å²) in [7, 11) is 0. The van der Waals surface area contributed by atoms with E-state index in [4.69, 9.17) is 9.47 Å². The predicted molar refractivity (Wildman–Crippen MR) is 105 cm³/mol. The van der Waals surface area contributed by atoms with Crippen LogP contribution in [0.5, 0.6) is 0 Å². The molecule has 0 fully saturated rings. The van der Waals surface area contributed by atoms with Crippen molar-refractivity contribution in [3.8, 4) is 0 Å². The monoisotopic (exact) mass is 526 g/mol. The second kappa shape index (κ2) is 9.34. The van der Waals surface area contributed by atoms with E-state index < -0.39 is 13.7 Å². The Bertz CT molecular complexity index is 557. The van der Waals surface area contributed by atoms with E-state index >= 15 is 0 Å². The third-order valence-electron chi connectivity index (χ3n) is 3.52. The summed E-state index contributed by atoms with van der Waals surface area (Å²) in [4.78, 5) is 23.0. The molecule has 0 heterocycles. The summed E-state index contributed by atoms with van der Waals surface area (Å²) in [6.45, 7) is 4.50. The van der Waals surface area contributed by atoms with Crippen LogP contribution in [0.4, 0.5) is 0 Å². The number of esters is 2. The summed E-state index contributed by atoms with van der Waals surface area (Å²) in [5, 5.41) is 0. The largest absolute Gasteiger partial charge is 0.462 e. The van der Waals surface area contributed by atoms with Crippen LogP contribution in [0.1, 0.15) is 39.2 Å². The molecule has 0 aliphatic rings. The van der Waals surface area contributed by atoms with Crippen molar-refractivity contribution < 1.29 is 19.1 Å². The van der Waals surface area contributed by atoms with Gasteiger partial charge in [-0.05, 0) is 25.3 Å². The smallest absolute Gasteiger partial charge is 0.303 e. The zero-order valence-corrected chi connectivity index (χ0v) is 18.6. The molecule has 1 aromatic carbocycles. The average molecular weight is 529 g/mol. The van der Waals surface area contributed by atoms with Gasteiger partial charge in [-0.1, -0.05) is 78.1 Å². The van der Waals surface area contributed by atoms with Crippen molar-refractivity contribution in [1.29, 1.82) is 0 Å². The fourth-order valence-electron chi connectivity index (χ4n) is 2.38. The molecule has 0 radical (unpaired) electrons. The number of ether oxygens (including phenoxy) is 2. The van der Waals surface area contributed by atoms with Crippen molar-refractivity contribution in [3.63, 3.8) is 0 Å². The van der Waals surface area contributed by atoms with E-state index in [0.717, 1.165) is 12.0 Å². The highest BCUT2D eigenvalue weighted by atomic mass is 80.0. The molecule has 0 saturated heterocycles. The van der Waals surface area contributed by atoms with E-state index in [9.17, 15) is 9.59 Å². The zero-order chi connectivity index (χ0) is 18.4. The number of rotatable bonds is 7. The molecule has 0 spiro atoms. The molecule has 0 aromatic heterocycles. The summed E-state index contributed by atoms with van der Waals surface area (Å²) in [6, 6.07) is 9.96. The fraction of sp³-hybridized carbons (Fsp3) is 0.529. The second-order valence-corrected chi connectivity index (χ2v) is 12.5. The molecule has 4 nitrogen and oxygen atoms in total. The summed E-state index contributed by atoms with van der Waals surface area (Å²) in [5.41, 5.74) is 0.196.